The molecule has 4 aromatic rings. The third kappa shape index (κ3) is 3.35. The van der Waals surface area contributed by atoms with E-state index in [1.54, 1.807) is 0 Å². The molecule has 0 fully saturated rings. The molecule has 1 aromatic heterocycles. The lowest BCUT2D eigenvalue weighted by molar-refractivity contribution is 0.788. The number of aryl methyl sites for hydroxylation is 1. The molecule has 0 saturated carbocycles. The predicted molar refractivity (Wildman–Crippen MR) is 125 cm³/mol. The Morgan fingerprint density at radius 3 is 1.97 bits per heavy atom. The molecule has 152 valence electrons. The summed E-state index contributed by atoms with van der Waals surface area (Å²) in [4.78, 5) is 5.09. The van der Waals surface area contributed by atoms with Gasteiger partial charge >= 0.3 is 0 Å². The number of rotatable bonds is 4. The highest BCUT2D eigenvalue weighted by Crippen LogP contribution is 2.33. The van der Waals surface area contributed by atoms with Crippen LogP contribution in [0.1, 0.15) is 56.2 Å². The van der Waals surface area contributed by atoms with E-state index >= 15 is 0 Å². The Morgan fingerprint density at radius 2 is 1.37 bits per heavy atom. The molecule has 0 atom stereocenters. The Bertz CT molecular complexity index is 1240. The SMILES string of the molecule is Cc1cccc2nc(-c3ccccc3)n(-c3c(C(C)C)cccc3C(C)C)c(=N)c12. The molecule has 3 nitrogen and oxygen atoms in total. The van der Waals surface area contributed by atoms with Gasteiger partial charge in [0.05, 0.1) is 11.2 Å². The molecule has 3 aromatic carbocycles. The third-order valence-corrected chi connectivity index (χ3v) is 5.75. The Hall–Kier alpha value is -3.20. The molecule has 4 rings (SSSR count). The van der Waals surface area contributed by atoms with Gasteiger partial charge in [0, 0.05) is 10.9 Å². The van der Waals surface area contributed by atoms with Crippen molar-refractivity contribution in [2.45, 2.75) is 46.5 Å². The monoisotopic (exact) mass is 395 g/mol. The van der Waals surface area contributed by atoms with Crippen molar-refractivity contribution in [2.75, 3.05) is 0 Å². The second-order valence-electron chi connectivity index (χ2n) is 8.55. The lowest BCUT2D eigenvalue weighted by Gasteiger charge is -2.24. The topological polar surface area (TPSA) is 41.7 Å². The van der Waals surface area contributed by atoms with Gasteiger partial charge in [0.2, 0.25) is 0 Å². The summed E-state index contributed by atoms with van der Waals surface area (Å²) in [5.41, 5.74) is 7.03. The fraction of sp³-hybridized carbons (Fsp3) is 0.259. The summed E-state index contributed by atoms with van der Waals surface area (Å²) in [6, 6.07) is 22.8. The second kappa shape index (κ2) is 7.91. The summed E-state index contributed by atoms with van der Waals surface area (Å²) in [6.45, 7) is 10.9. The Balaban J connectivity index is 2.24. The van der Waals surface area contributed by atoms with Gasteiger partial charge in [-0.05, 0) is 41.5 Å². The number of hydrogen-bond acceptors (Lipinski definition) is 2. The van der Waals surface area contributed by atoms with Gasteiger partial charge in [-0.2, -0.15) is 0 Å². The molecule has 0 saturated heterocycles. The van der Waals surface area contributed by atoms with Crippen LogP contribution in [0, 0.1) is 12.3 Å². The van der Waals surface area contributed by atoms with E-state index in [2.05, 4.69) is 75.6 Å². The molecule has 3 heteroatoms. The Morgan fingerprint density at radius 1 is 0.767 bits per heavy atom. The van der Waals surface area contributed by atoms with Gasteiger partial charge in [0.1, 0.15) is 11.3 Å². The quantitative estimate of drug-likeness (QED) is 0.409. The maximum atomic E-state index is 9.31. The fourth-order valence-electron chi connectivity index (χ4n) is 4.20. The Kier molecular flexibility index (Phi) is 5.29. The molecule has 1 heterocycles. The number of nitrogens with one attached hydrogen (secondary N) is 1. The van der Waals surface area contributed by atoms with Gasteiger partial charge in [0.25, 0.3) is 0 Å². The van der Waals surface area contributed by atoms with Crippen molar-refractivity contribution in [3.05, 3.63) is 88.9 Å². The largest absolute Gasteiger partial charge is 0.283 e. The summed E-state index contributed by atoms with van der Waals surface area (Å²) < 4.78 is 2.08. The van der Waals surface area contributed by atoms with E-state index in [1.807, 2.05) is 30.3 Å². The van der Waals surface area contributed by atoms with Crippen molar-refractivity contribution in [1.29, 1.82) is 5.41 Å². The van der Waals surface area contributed by atoms with Crippen molar-refractivity contribution in [2.24, 2.45) is 0 Å². The van der Waals surface area contributed by atoms with Gasteiger partial charge in [-0.15, -0.1) is 0 Å². The lowest BCUT2D eigenvalue weighted by Crippen LogP contribution is -2.25. The highest BCUT2D eigenvalue weighted by atomic mass is 15.1. The normalized spacial score (nSPS) is 11.6. The van der Waals surface area contributed by atoms with Gasteiger partial charge in [-0.1, -0.05) is 88.4 Å². The first-order valence-corrected chi connectivity index (χ1v) is 10.7. The number of benzene rings is 3. The molecule has 0 amide bonds. The van der Waals surface area contributed by atoms with E-state index in [0.29, 0.717) is 17.3 Å². The van der Waals surface area contributed by atoms with Crippen LogP contribution in [0.5, 0.6) is 0 Å². The first-order chi connectivity index (χ1) is 14.4. The maximum absolute atomic E-state index is 9.31. The molecule has 30 heavy (non-hydrogen) atoms. The van der Waals surface area contributed by atoms with Crippen LogP contribution in [-0.4, -0.2) is 9.55 Å². The zero-order valence-electron chi connectivity index (χ0n) is 18.4. The van der Waals surface area contributed by atoms with Crippen molar-refractivity contribution in [3.8, 4) is 17.1 Å². The first-order valence-electron chi connectivity index (χ1n) is 10.7. The van der Waals surface area contributed by atoms with E-state index in [0.717, 1.165) is 33.5 Å². The number of fused-ring (bicyclic) bond motifs is 1. The number of hydrogen-bond donors (Lipinski definition) is 1. The van der Waals surface area contributed by atoms with Crippen molar-refractivity contribution < 1.29 is 0 Å². The minimum Gasteiger partial charge on any atom is -0.283 e. The number of para-hydroxylation sites is 1. The van der Waals surface area contributed by atoms with E-state index in [9.17, 15) is 5.41 Å². The minimum atomic E-state index is 0.335. The van der Waals surface area contributed by atoms with E-state index in [-0.39, 0.29) is 0 Å². The molecular formula is C27H29N3. The molecule has 0 aliphatic carbocycles. The van der Waals surface area contributed by atoms with Crippen LogP contribution in [0.15, 0.2) is 66.7 Å². The Labute approximate surface area is 178 Å². The van der Waals surface area contributed by atoms with Crippen LogP contribution >= 0.6 is 0 Å². The van der Waals surface area contributed by atoms with E-state index < -0.39 is 0 Å². The zero-order chi connectivity index (χ0) is 21.4. The number of nitrogens with zero attached hydrogens (tertiary/aromatic N) is 2. The van der Waals surface area contributed by atoms with Crippen molar-refractivity contribution in [1.82, 2.24) is 9.55 Å². The van der Waals surface area contributed by atoms with Gasteiger partial charge in [-0.3, -0.25) is 9.98 Å². The highest BCUT2D eigenvalue weighted by molar-refractivity contribution is 5.83. The first kappa shape index (κ1) is 20.1. The molecule has 0 aliphatic heterocycles. The van der Waals surface area contributed by atoms with Gasteiger partial charge in [0.15, 0.2) is 0 Å². The average Bonchev–Trinajstić information content (AvgIpc) is 2.73. The summed E-state index contributed by atoms with van der Waals surface area (Å²) >= 11 is 0. The molecule has 0 unspecified atom stereocenters. The van der Waals surface area contributed by atoms with E-state index in [1.165, 1.54) is 11.1 Å². The summed E-state index contributed by atoms with van der Waals surface area (Å²) in [5.74, 6) is 1.48. The summed E-state index contributed by atoms with van der Waals surface area (Å²) in [7, 11) is 0. The molecule has 0 radical (unpaired) electrons. The van der Waals surface area contributed by atoms with E-state index in [4.69, 9.17) is 4.98 Å². The van der Waals surface area contributed by atoms with Gasteiger partial charge < -0.3 is 0 Å². The third-order valence-electron chi connectivity index (χ3n) is 5.75. The van der Waals surface area contributed by atoms with Crippen molar-refractivity contribution >= 4 is 10.9 Å². The zero-order valence-corrected chi connectivity index (χ0v) is 18.4. The lowest BCUT2D eigenvalue weighted by atomic mass is 9.92. The van der Waals surface area contributed by atoms with Crippen LogP contribution in [0.25, 0.3) is 28.0 Å². The average molecular weight is 396 g/mol. The standard InChI is InChI=1S/C27H29N3/c1-17(2)21-14-10-15-22(18(3)4)25(21)30-26(28)24-19(5)11-9-16-23(24)29-27(30)20-12-7-6-8-13-20/h6-18,28H,1-5H3. The number of aromatic nitrogens is 2. The van der Waals surface area contributed by atoms with Crippen LogP contribution < -0.4 is 5.49 Å². The summed E-state index contributed by atoms with van der Waals surface area (Å²) in [6.07, 6.45) is 0. The second-order valence-corrected chi connectivity index (χ2v) is 8.55. The highest BCUT2D eigenvalue weighted by Gasteiger charge is 2.21. The predicted octanol–water partition coefficient (Wildman–Crippen LogP) is 6.73. The fourth-order valence-corrected chi connectivity index (χ4v) is 4.20. The molecule has 0 spiro atoms. The van der Waals surface area contributed by atoms with Crippen LogP contribution in [-0.2, 0) is 0 Å². The van der Waals surface area contributed by atoms with Crippen LogP contribution in [0.2, 0.25) is 0 Å². The summed E-state index contributed by atoms with van der Waals surface area (Å²) in [5, 5.41) is 10.2. The van der Waals surface area contributed by atoms with Gasteiger partial charge in [-0.25, -0.2) is 4.98 Å². The minimum absolute atomic E-state index is 0.335. The van der Waals surface area contributed by atoms with Crippen molar-refractivity contribution in [3.63, 3.8) is 0 Å². The molecule has 0 bridgehead atoms. The molecule has 1 N–H and O–H groups in total. The van der Waals surface area contributed by atoms with Crippen LogP contribution in [0.4, 0.5) is 0 Å². The smallest absolute Gasteiger partial charge is 0.146 e. The molecule has 0 aliphatic rings. The maximum Gasteiger partial charge on any atom is 0.146 e. The van der Waals surface area contributed by atoms with Crippen LogP contribution in [0.3, 0.4) is 0 Å². The molecular weight excluding hydrogens is 366 g/mol.